The van der Waals surface area contributed by atoms with Crippen molar-refractivity contribution in [3.05, 3.63) is 71.8 Å². The average molecular weight is 327 g/mol. The van der Waals surface area contributed by atoms with Gasteiger partial charge in [0.25, 0.3) is 0 Å². The van der Waals surface area contributed by atoms with Crippen molar-refractivity contribution in [3.8, 4) is 0 Å². The summed E-state index contributed by atoms with van der Waals surface area (Å²) in [5.74, 6) is -1.04. The lowest BCUT2D eigenvalue weighted by Gasteiger charge is -2.27. The number of rotatable bonds is 7. The van der Waals surface area contributed by atoms with E-state index in [0.29, 0.717) is 0 Å². The van der Waals surface area contributed by atoms with Crippen LogP contribution in [0.25, 0.3) is 0 Å². The first-order valence-corrected chi connectivity index (χ1v) is 7.86. The molecule has 0 heterocycles. The minimum absolute atomic E-state index is 0.119. The summed E-state index contributed by atoms with van der Waals surface area (Å²) in [6.45, 7) is 2.12. The van der Waals surface area contributed by atoms with Gasteiger partial charge in [-0.05, 0) is 18.1 Å². The highest BCUT2D eigenvalue weighted by atomic mass is 16.6. The lowest BCUT2D eigenvalue weighted by molar-refractivity contribution is -0.142. The van der Waals surface area contributed by atoms with Crippen molar-refractivity contribution in [2.75, 3.05) is 6.54 Å². The molecule has 5 heteroatoms. The number of hydrogen-bond acceptors (Lipinski definition) is 3. The van der Waals surface area contributed by atoms with Crippen molar-refractivity contribution in [2.24, 2.45) is 0 Å². The zero-order valence-electron chi connectivity index (χ0n) is 13.6. The Kier molecular flexibility index (Phi) is 6.37. The van der Waals surface area contributed by atoms with Crippen molar-refractivity contribution in [3.63, 3.8) is 0 Å². The summed E-state index contributed by atoms with van der Waals surface area (Å²) in [5, 5.41) is 9.52. The second-order valence-electron chi connectivity index (χ2n) is 5.37. The average Bonchev–Trinajstić information content (AvgIpc) is 2.61. The van der Waals surface area contributed by atoms with Gasteiger partial charge in [-0.15, -0.1) is 0 Å². The minimum atomic E-state index is -1.04. The normalized spacial score (nSPS) is 11.5. The van der Waals surface area contributed by atoms with Crippen molar-refractivity contribution in [1.29, 1.82) is 0 Å². The summed E-state index contributed by atoms with van der Waals surface area (Å²) in [4.78, 5) is 25.2. The van der Waals surface area contributed by atoms with Gasteiger partial charge in [0.1, 0.15) is 12.6 Å². The Hall–Kier alpha value is -2.82. The highest BCUT2D eigenvalue weighted by molar-refractivity contribution is 5.80. The molecule has 1 N–H and O–H groups in total. The van der Waals surface area contributed by atoms with E-state index in [1.54, 1.807) is 6.92 Å². The molecule has 0 saturated heterocycles. The second-order valence-corrected chi connectivity index (χ2v) is 5.37. The van der Waals surface area contributed by atoms with Gasteiger partial charge in [-0.3, -0.25) is 4.90 Å². The fourth-order valence-corrected chi connectivity index (χ4v) is 2.45. The topological polar surface area (TPSA) is 66.8 Å². The van der Waals surface area contributed by atoms with E-state index < -0.39 is 18.1 Å². The molecule has 24 heavy (non-hydrogen) atoms. The fourth-order valence-electron chi connectivity index (χ4n) is 2.45. The Morgan fingerprint density at radius 3 is 2.04 bits per heavy atom. The van der Waals surface area contributed by atoms with Gasteiger partial charge < -0.3 is 9.84 Å². The van der Waals surface area contributed by atoms with E-state index in [1.165, 1.54) is 4.90 Å². The Morgan fingerprint density at radius 2 is 1.54 bits per heavy atom. The molecule has 126 valence electrons. The predicted molar refractivity (Wildman–Crippen MR) is 90.6 cm³/mol. The molecule has 0 aromatic heterocycles. The number of carboxylic acids is 1. The molecule has 2 rings (SSSR count). The van der Waals surface area contributed by atoms with Crippen molar-refractivity contribution in [1.82, 2.24) is 4.90 Å². The van der Waals surface area contributed by atoms with E-state index in [9.17, 15) is 14.7 Å². The summed E-state index contributed by atoms with van der Waals surface area (Å²) in [5.41, 5.74) is 1.72. The van der Waals surface area contributed by atoms with Crippen LogP contribution in [0.15, 0.2) is 60.7 Å². The number of likely N-dealkylation sites (N-methyl/N-ethyl adjacent to an activating group) is 1. The molecule has 0 fully saturated rings. The number of carbonyl (C=O) groups is 2. The maximum absolute atomic E-state index is 12.3. The molecule has 0 bridgehead atoms. The third-order valence-corrected chi connectivity index (χ3v) is 3.71. The molecule has 0 saturated carbocycles. The number of aliphatic carboxylic acids is 1. The first-order chi connectivity index (χ1) is 11.6. The van der Waals surface area contributed by atoms with Gasteiger partial charge in [-0.1, -0.05) is 60.7 Å². The van der Waals surface area contributed by atoms with Crippen LogP contribution in [0.5, 0.6) is 0 Å². The molecule has 0 unspecified atom stereocenters. The SMILES string of the molecule is CCN(C(=O)OCc1ccccc1)[C@H](Cc1ccccc1)C(=O)O. The summed E-state index contributed by atoms with van der Waals surface area (Å²) in [6.07, 6.45) is -0.380. The van der Waals surface area contributed by atoms with Gasteiger partial charge in [-0.25, -0.2) is 9.59 Å². The first-order valence-electron chi connectivity index (χ1n) is 7.86. The maximum atomic E-state index is 12.3. The van der Waals surface area contributed by atoms with Crippen molar-refractivity contribution in [2.45, 2.75) is 26.0 Å². The van der Waals surface area contributed by atoms with Gasteiger partial charge in [0.15, 0.2) is 0 Å². The largest absolute Gasteiger partial charge is 0.480 e. The zero-order valence-corrected chi connectivity index (χ0v) is 13.6. The van der Waals surface area contributed by atoms with Crippen LogP contribution in [0.2, 0.25) is 0 Å². The zero-order chi connectivity index (χ0) is 17.4. The Morgan fingerprint density at radius 1 is 1.00 bits per heavy atom. The Balaban J connectivity index is 2.05. The van der Waals surface area contributed by atoms with Crippen LogP contribution in [0.4, 0.5) is 4.79 Å². The van der Waals surface area contributed by atoms with E-state index in [4.69, 9.17) is 4.74 Å². The van der Waals surface area contributed by atoms with Crippen LogP contribution < -0.4 is 0 Å². The number of carboxylic acid groups (broad SMARTS) is 1. The maximum Gasteiger partial charge on any atom is 0.410 e. The van der Waals surface area contributed by atoms with Crippen LogP contribution in [0.3, 0.4) is 0 Å². The lowest BCUT2D eigenvalue weighted by Crippen LogP contribution is -2.46. The van der Waals surface area contributed by atoms with Crippen LogP contribution in [0.1, 0.15) is 18.1 Å². The third-order valence-electron chi connectivity index (χ3n) is 3.71. The molecule has 2 aromatic carbocycles. The Bertz CT molecular complexity index is 658. The number of hydrogen-bond donors (Lipinski definition) is 1. The minimum Gasteiger partial charge on any atom is -0.480 e. The molecular formula is C19H21NO4. The standard InChI is InChI=1S/C19H21NO4/c1-2-20(19(23)24-14-16-11-7-4-8-12-16)17(18(21)22)13-15-9-5-3-6-10-15/h3-12,17H,2,13-14H2,1H3,(H,21,22)/t17-/m1/s1. The molecule has 0 aliphatic carbocycles. The van der Waals surface area contributed by atoms with E-state index >= 15 is 0 Å². The first kappa shape index (κ1) is 17.5. The summed E-state index contributed by atoms with van der Waals surface area (Å²) >= 11 is 0. The Labute approximate surface area is 141 Å². The molecular weight excluding hydrogens is 306 g/mol. The fraction of sp³-hybridized carbons (Fsp3) is 0.263. The smallest absolute Gasteiger partial charge is 0.410 e. The van der Waals surface area contributed by atoms with Gasteiger partial charge in [0.2, 0.25) is 0 Å². The van der Waals surface area contributed by atoms with E-state index in [1.807, 2.05) is 60.7 Å². The van der Waals surface area contributed by atoms with Gasteiger partial charge in [0.05, 0.1) is 0 Å². The molecule has 2 aromatic rings. The highest BCUT2D eigenvalue weighted by Crippen LogP contribution is 2.12. The van der Waals surface area contributed by atoms with Gasteiger partial charge >= 0.3 is 12.1 Å². The predicted octanol–water partition coefficient (Wildman–Crippen LogP) is 3.34. The highest BCUT2D eigenvalue weighted by Gasteiger charge is 2.29. The number of ether oxygens (including phenoxy) is 1. The van der Waals surface area contributed by atoms with Crippen LogP contribution in [0, 0.1) is 0 Å². The van der Waals surface area contributed by atoms with Crippen molar-refractivity contribution >= 4 is 12.1 Å². The molecule has 0 aliphatic heterocycles. The van der Waals surface area contributed by atoms with E-state index in [-0.39, 0.29) is 19.6 Å². The molecule has 5 nitrogen and oxygen atoms in total. The quantitative estimate of drug-likeness (QED) is 0.847. The summed E-state index contributed by atoms with van der Waals surface area (Å²) in [7, 11) is 0. The van der Waals surface area contributed by atoms with E-state index in [0.717, 1.165) is 11.1 Å². The summed E-state index contributed by atoms with van der Waals surface area (Å²) < 4.78 is 5.27. The van der Waals surface area contributed by atoms with Crippen molar-refractivity contribution < 1.29 is 19.4 Å². The monoisotopic (exact) mass is 327 g/mol. The van der Waals surface area contributed by atoms with Crippen LogP contribution in [-0.2, 0) is 22.6 Å². The van der Waals surface area contributed by atoms with Gasteiger partial charge in [-0.2, -0.15) is 0 Å². The molecule has 0 radical (unpaired) electrons. The van der Waals surface area contributed by atoms with Crippen LogP contribution >= 0.6 is 0 Å². The third kappa shape index (κ3) is 4.84. The summed E-state index contributed by atoms with van der Waals surface area (Å²) in [6, 6.07) is 17.6. The number of carbonyl (C=O) groups excluding carboxylic acids is 1. The lowest BCUT2D eigenvalue weighted by atomic mass is 10.1. The number of nitrogens with zero attached hydrogens (tertiary/aromatic N) is 1. The van der Waals surface area contributed by atoms with Crippen LogP contribution in [-0.4, -0.2) is 34.7 Å². The molecule has 0 aliphatic rings. The second kappa shape index (κ2) is 8.72. The number of benzene rings is 2. The number of amides is 1. The van der Waals surface area contributed by atoms with Gasteiger partial charge in [0, 0.05) is 13.0 Å². The molecule has 1 amide bonds. The molecule has 0 spiro atoms. The van der Waals surface area contributed by atoms with E-state index in [2.05, 4.69) is 0 Å². The molecule has 1 atom stereocenters.